The van der Waals surface area contributed by atoms with E-state index in [0.717, 1.165) is 55.3 Å². The number of hydrogen-bond donors (Lipinski definition) is 2. The molecular weight excluding hydrogens is 438 g/mol. The summed E-state index contributed by atoms with van der Waals surface area (Å²) in [5, 5.41) is 13.2. The number of carbonyl (C=O) groups is 1. The zero-order chi connectivity index (χ0) is 22.8. The average molecular weight is 460 g/mol. The minimum atomic E-state index is -0.953. The lowest BCUT2D eigenvalue weighted by atomic mass is 9.98. The normalized spacial score (nSPS) is 12.9. The minimum Gasteiger partial charge on any atom is -0.486 e. The van der Waals surface area contributed by atoms with Gasteiger partial charge in [-0.2, -0.15) is 4.37 Å². The lowest BCUT2D eigenvalue weighted by molar-refractivity contribution is -0.135. The van der Waals surface area contributed by atoms with Crippen LogP contribution in [0.1, 0.15) is 11.1 Å². The smallest absolute Gasteiger partial charge is 0.325 e. The number of rotatable bonds is 6. The monoisotopic (exact) mass is 459 g/mol. The first kappa shape index (κ1) is 21.0. The van der Waals surface area contributed by atoms with Crippen LogP contribution < -0.4 is 14.8 Å². The van der Waals surface area contributed by atoms with E-state index >= 15 is 0 Å². The largest absolute Gasteiger partial charge is 0.486 e. The zero-order valence-corrected chi connectivity index (χ0v) is 18.7. The minimum absolute atomic E-state index is 0.244. The van der Waals surface area contributed by atoms with Crippen LogP contribution in [0.5, 0.6) is 11.5 Å². The Balaban J connectivity index is 1.42. The maximum atomic E-state index is 10.6. The van der Waals surface area contributed by atoms with Gasteiger partial charge in [0.1, 0.15) is 19.8 Å². The van der Waals surface area contributed by atoms with Crippen molar-refractivity contribution in [3.8, 4) is 22.6 Å². The molecular formula is C25H21N3O4S. The van der Waals surface area contributed by atoms with E-state index in [1.165, 1.54) is 11.5 Å². The summed E-state index contributed by atoms with van der Waals surface area (Å²) in [6, 6.07) is 18.0. The number of fused-ring (bicyclic) bond motifs is 2. The number of hydrogen-bond acceptors (Lipinski definition) is 7. The number of aliphatic imine (C=N–C) groups is 1. The second kappa shape index (κ2) is 8.91. The van der Waals surface area contributed by atoms with Gasteiger partial charge in [-0.15, -0.1) is 0 Å². The van der Waals surface area contributed by atoms with Gasteiger partial charge in [0.25, 0.3) is 0 Å². The van der Waals surface area contributed by atoms with E-state index in [9.17, 15) is 4.79 Å². The fourth-order valence-corrected chi connectivity index (χ4v) is 4.56. The molecule has 3 aromatic carbocycles. The van der Waals surface area contributed by atoms with Crippen molar-refractivity contribution >= 4 is 45.3 Å². The van der Waals surface area contributed by atoms with Crippen LogP contribution in [-0.4, -0.2) is 41.4 Å². The van der Waals surface area contributed by atoms with Gasteiger partial charge < -0.3 is 19.9 Å². The Labute approximate surface area is 194 Å². The molecule has 0 radical (unpaired) electrons. The third kappa shape index (κ3) is 4.38. The second-order valence-electron chi connectivity index (χ2n) is 7.61. The first-order valence-electron chi connectivity index (χ1n) is 10.5. The van der Waals surface area contributed by atoms with Crippen molar-refractivity contribution in [1.29, 1.82) is 0 Å². The average Bonchev–Trinajstić information content (AvgIpc) is 3.22. The standard InChI is InChI=1S/C25H21N3O4S/c1-15-18(17-6-8-21-22(12-17)32-10-9-31-21)3-2-4-20(15)27-25-19-7-5-16(11-23(19)33-28-25)13-26-14-24(29)30/h2-8,11-13H,9-10,14H2,1H3,(H,27,28)(H,29,30). The molecule has 4 aromatic rings. The van der Waals surface area contributed by atoms with E-state index in [2.05, 4.69) is 27.7 Å². The maximum absolute atomic E-state index is 10.6. The van der Waals surface area contributed by atoms with E-state index < -0.39 is 5.97 Å². The maximum Gasteiger partial charge on any atom is 0.325 e. The Morgan fingerprint density at radius 2 is 2.00 bits per heavy atom. The van der Waals surface area contributed by atoms with E-state index in [0.29, 0.717) is 13.2 Å². The van der Waals surface area contributed by atoms with Gasteiger partial charge in [0.05, 0.1) is 4.70 Å². The molecule has 8 heteroatoms. The Kier molecular flexibility index (Phi) is 5.66. The van der Waals surface area contributed by atoms with Crippen molar-refractivity contribution in [3.63, 3.8) is 0 Å². The van der Waals surface area contributed by atoms with Crippen LogP contribution in [0.4, 0.5) is 11.5 Å². The highest BCUT2D eigenvalue weighted by molar-refractivity contribution is 7.13. The summed E-state index contributed by atoms with van der Waals surface area (Å²) in [6.07, 6.45) is 1.57. The third-order valence-electron chi connectivity index (χ3n) is 5.40. The van der Waals surface area contributed by atoms with Gasteiger partial charge >= 0.3 is 5.97 Å². The molecule has 0 spiro atoms. The van der Waals surface area contributed by atoms with Crippen molar-refractivity contribution in [2.45, 2.75) is 6.92 Å². The van der Waals surface area contributed by atoms with Crippen LogP contribution in [-0.2, 0) is 4.79 Å². The molecule has 0 fully saturated rings. The van der Waals surface area contributed by atoms with Gasteiger partial charge in [-0.1, -0.05) is 24.3 Å². The van der Waals surface area contributed by atoms with E-state index in [-0.39, 0.29) is 6.54 Å². The molecule has 0 atom stereocenters. The number of ether oxygens (including phenoxy) is 2. The molecule has 2 heterocycles. The van der Waals surface area contributed by atoms with Crippen LogP contribution in [0.15, 0.2) is 59.6 Å². The molecule has 7 nitrogen and oxygen atoms in total. The van der Waals surface area contributed by atoms with Crippen LogP contribution in [0.2, 0.25) is 0 Å². The van der Waals surface area contributed by atoms with Crippen LogP contribution in [0, 0.1) is 6.92 Å². The van der Waals surface area contributed by atoms with E-state index in [1.54, 1.807) is 6.21 Å². The molecule has 166 valence electrons. The quantitative estimate of drug-likeness (QED) is 0.381. The topological polar surface area (TPSA) is 93.0 Å². The summed E-state index contributed by atoms with van der Waals surface area (Å²) in [4.78, 5) is 14.6. The fourth-order valence-electron chi connectivity index (χ4n) is 3.78. The molecule has 2 N–H and O–H groups in total. The van der Waals surface area contributed by atoms with Crippen molar-refractivity contribution in [2.24, 2.45) is 4.99 Å². The highest BCUT2D eigenvalue weighted by atomic mass is 32.1. The Hall–Kier alpha value is -3.91. The SMILES string of the molecule is Cc1c(Nc2nsc3cc(C=NCC(=O)O)ccc23)cccc1-c1ccc2c(c1)OCCO2. The molecule has 0 aliphatic carbocycles. The van der Waals surface area contributed by atoms with Crippen molar-refractivity contribution < 1.29 is 19.4 Å². The first-order valence-corrected chi connectivity index (χ1v) is 11.2. The number of anilines is 2. The molecule has 0 bridgehead atoms. The molecule has 0 unspecified atom stereocenters. The summed E-state index contributed by atoms with van der Waals surface area (Å²) in [5.41, 5.74) is 5.09. The highest BCUT2D eigenvalue weighted by Gasteiger charge is 2.15. The van der Waals surface area contributed by atoms with Gasteiger partial charge in [-0.3, -0.25) is 9.79 Å². The van der Waals surface area contributed by atoms with Crippen molar-refractivity contribution in [3.05, 3.63) is 65.7 Å². The lowest BCUT2D eigenvalue weighted by Gasteiger charge is -2.19. The predicted molar refractivity (Wildman–Crippen MR) is 131 cm³/mol. The molecule has 1 aromatic heterocycles. The van der Waals surface area contributed by atoms with Crippen LogP contribution in [0.25, 0.3) is 21.2 Å². The Morgan fingerprint density at radius 3 is 2.85 bits per heavy atom. The number of aliphatic carboxylic acids is 1. The third-order valence-corrected chi connectivity index (χ3v) is 6.21. The molecule has 1 aliphatic heterocycles. The molecule has 1 aliphatic rings. The summed E-state index contributed by atoms with van der Waals surface area (Å²) >= 11 is 1.39. The fraction of sp³-hybridized carbons (Fsp3) is 0.160. The molecule has 0 saturated carbocycles. The number of aromatic nitrogens is 1. The Morgan fingerprint density at radius 1 is 1.15 bits per heavy atom. The Bertz CT molecular complexity index is 1380. The highest BCUT2D eigenvalue weighted by Crippen LogP contribution is 2.38. The molecule has 0 amide bonds. The van der Waals surface area contributed by atoms with Gasteiger partial charge in [0.2, 0.25) is 0 Å². The van der Waals surface area contributed by atoms with Crippen molar-refractivity contribution in [2.75, 3.05) is 25.1 Å². The molecule has 33 heavy (non-hydrogen) atoms. The summed E-state index contributed by atoms with van der Waals surface area (Å²) < 4.78 is 17.0. The summed E-state index contributed by atoms with van der Waals surface area (Å²) in [6.45, 7) is 2.97. The van der Waals surface area contributed by atoms with Gasteiger partial charge in [-0.05, 0) is 71.0 Å². The van der Waals surface area contributed by atoms with Gasteiger partial charge in [0, 0.05) is 17.3 Å². The number of nitrogens with zero attached hydrogens (tertiary/aromatic N) is 2. The lowest BCUT2D eigenvalue weighted by Crippen LogP contribution is -2.15. The summed E-state index contributed by atoms with van der Waals surface area (Å²) in [5.74, 6) is 1.37. The number of carboxylic acids is 1. The predicted octanol–water partition coefficient (Wildman–Crippen LogP) is 5.29. The number of benzene rings is 3. The summed E-state index contributed by atoms with van der Waals surface area (Å²) in [7, 11) is 0. The van der Waals surface area contributed by atoms with E-state index in [1.807, 2.05) is 48.5 Å². The van der Waals surface area contributed by atoms with Gasteiger partial charge in [0.15, 0.2) is 17.3 Å². The molecule has 0 saturated heterocycles. The molecule has 5 rings (SSSR count). The second-order valence-corrected chi connectivity index (χ2v) is 8.42. The number of carboxylic acid groups (broad SMARTS) is 1. The van der Waals surface area contributed by atoms with Crippen LogP contribution in [0.3, 0.4) is 0 Å². The van der Waals surface area contributed by atoms with Crippen LogP contribution >= 0.6 is 11.5 Å². The number of nitrogens with one attached hydrogen (secondary N) is 1. The van der Waals surface area contributed by atoms with E-state index in [4.69, 9.17) is 14.6 Å². The first-order chi connectivity index (χ1) is 16.1. The zero-order valence-electron chi connectivity index (χ0n) is 17.9. The van der Waals surface area contributed by atoms with Crippen molar-refractivity contribution in [1.82, 2.24) is 4.37 Å². The van der Waals surface area contributed by atoms with Gasteiger partial charge in [-0.25, -0.2) is 0 Å².